The van der Waals surface area contributed by atoms with Gasteiger partial charge in [0.15, 0.2) is 0 Å². The van der Waals surface area contributed by atoms with Crippen LogP contribution in [0, 0.1) is 17.8 Å². The molecule has 1 aliphatic heterocycles. The van der Waals surface area contributed by atoms with Gasteiger partial charge in [-0.05, 0) is 31.1 Å². The van der Waals surface area contributed by atoms with Crippen LogP contribution in [0.1, 0.15) is 94.4 Å². The van der Waals surface area contributed by atoms with Gasteiger partial charge in [-0.2, -0.15) is 0 Å². The van der Waals surface area contributed by atoms with E-state index in [1.165, 1.54) is 11.9 Å². The number of hydrogen-bond donors (Lipinski definition) is 4. The zero-order chi connectivity index (χ0) is 31.9. The predicted octanol–water partition coefficient (Wildman–Crippen LogP) is 3.56. The van der Waals surface area contributed by atoms with Gasteiger partial charge in [0, 0.05) is 26.6 Å². The second-order valence-electron chi connectivity index (χ2n) is 9.21. The first-order valence-electron chi connectivity index (χ1n) is 14.4. The Kier molecular flexibility index (Phi) is 24.2. The first-order valence-corrected chi connectivity index (χ1v) is 14.4. The Morgan fingerprint density at radius 2 is 1.62 bits per heavy atom. The topological polar surface area (TPSA) is 137 Å². The Bertz CT molecular complexity index is 829. The fourth-order valence-electron chi connectivity index (χ4n) is 3.62. The SMILES string of the molecule is C#CCCC(NC(=O)C1CCCN1C(=O)C(NC(=O)NC)C(C)(C)C)C(=O)C(=O)NCCC=C.CC.CC.CC. The lowest BCUT2D eigenvalue weighted by Crippen LogP contribution is -2.59. The van der Waals surface area contributed by atoms with Crippen molar-refractivity contribution >= 4 is 29.5 Å². The van der Waals surface area contributed by atoms with Crippen molar-refractivity contribution in [3.05, 3.63) is 12.7 Å². The molecule has 230 valence electrons. The standard InChI is InChI=1S/C24H37N5O5.3C2H6/c1-7-9-12-16(18(30)21(32)26-14-10-8-2)27-20(31)17-13-11-15-29(17)22(33)19(24(3,4)5)28-23(34)25-6;3*1-2/h1,8,16-17,19H,2,9-15H2,3-6H3,(H,26,32)(H,27,31)(H2,25,28,34);3*1-2H3. The summed E-state index contributed by atoms with van der Waals surface area (Å²) in [6, 6.07) is -3.30. The minimum atomic E-state index is -1.10. The molecule has 3 atom stereocenters. The lowest BCUT2D eigenvalue weighted by atomic mass is 9.85. The van der Waals surface area contributed by atoms with Gasteiger partial charge in [0.05, 0.1) is 6.04 Å². The van der Waals surface area contributed by atoms with E-state index in [0.29, 0.717) is 25.8 Å². The number of ketones is 1. The number of nitrogens with one attached hydrogen (secondary N) is 4. The largest absolute Gasteiger partial charge is 0.349 e. The second kappa shape index (κ2) is 23.5. The van der Waals surface area contributed by atoms with Crippen molar-refractivity contribution < 1.29 is 24.0 Å². The Morgan fingerprint density at radius 3 is 2.10 bits per heavy atom. The number of carbonyl (C=O) groups excluding carboxylic acids is 5. The summed E-state index contributed by atoms with van der Waals surface area (Å²) >= 11 is 0. The van der Waals surface area contributed by atoms with E-state index in [2.05, 4.69) is 33.8 Å². The molecular weight excluding hydrogens is 510 g/mol. The Hall–Kier alpha value is -3.35. The van der Waals surface area contributed by atoms with Crippen LogP contribution in [0.3, 0.4) is 0 Å². The van der Waals surface area contributed by atoms with Crippen molar-refractivity contribution in [1.82, 2.24) is 26.2 Å². The number of rotatable bonds is 11. The molecule has 3 unspecified atom stereocenters. The molecule has 0 radical (unpaired) electrons. The Morgan fingerprint density at radius 1 is 1.05 bits per heavy atom. The molecule has 0 aromatic heterocycles. The molecule has 0 saturated carbocycles. The van der Waals surface area contributed by atoms with Crippen LogP contribution in [0.25, 0.3) is 0 Å². The quantitative estimate of drug-likeness (QED) is 0.131. The van der Waals surface area contributed by atoms with Crippen LogP contribution in [0.15, 0.2) is 12.7 Å². The van der Waals surface area contributed by atoms with Gasteiger partial charge < -0.3 is 26.2 Å². The third-order valence-corrected chi connectivity index (χ3v) is 5.52. The zero-order valence-corrected chi connectivity index (χ0v) is 26.5. The van der Waals surface area contributed by atoms with E-state index in [1.54, 1.807) is 6.08 Å². The van der Waals surface area contributed by atoms with Gasteiger partial charge in [0.25, 0.3) is 5.91 Å². The minimum absolute atomic E-state index is 0.0967. The molecule has 1 saturated heterocycles. The van der Waals surface area contributed by atoms with Crippen LogP contribution in [0.2, 0.25) is 0 Å². The van der Waals surface area contributed by atoms with E-state index >= 15 is 0 Å². The molecule has 1 fully saturated rings. The van der Waals surface area contributed by atoms with E-state index in [0.717, 1.165) is 0 Å². The summed E-state index contributed by atoms with van der Waals surface area (Å²) in [6.45, 7) is 21.6. The van der Waals surface area contributed by atoms with Gasteiger partial charge in [-0.25, -0.2) is 4.79 Å². The molecule has 0 aliphatic carbocycles. The zero-order valence-electron chi connectivity index (χ0n) is 26.5. The van der Waals surface area contributed by atoms with Gasteiger partial charge in [-0.1, -0.05) is 68.4 Å². The van der Waals surface area contributed by atoms with Crippen LogP contribution < -0.4 is 21.3 Å². The third kappa shape index (κ3) is 14.7. The molecule has 0 aromatic carbocycles. The Labute approximate surface area is 242 Å². The maximum Gasteiger partial charge on any atom is 0.315 e. The number of amides is 5. The highest BCUT2D eigenvalue weighted by molar-refractivity contribution is 6.38. The van der Waals surface area contributed by atoms with Gasteiger partial charge in [-0.15, -0.1) is 18.9 Å². The van der Waals surface area contributed by atoms with E-state index in [9.17, 15) is 24.0 Å². The summed E-state index contributed by atoms with van der Waals surface area (Å²) in [5.74, 6) is -0.119. The number of Topliss-reactive ketones (excluding diaryl/α,β-unsaturated/α-hetero) is 1. The highest BCUT2D eigenvalue weighted by Gasteiger charge is 2.42. The van der Waals surface area contributed by atoms with E-state index in [4.69, 9.17) is 6.42 Å². The maximum atomic E-state index is 13.3. The fraction of sp³-hybridized carbons (Fsp3) is 0.700. The summed E-state index contributed by atoms with van der Waals surface area (Å²) < 4.78 is 0. The van der Waals surface area contributed by atoms with Gasteiger partial charge >= 0.3 is 6.03 Å². The van der Waals surface area contributed by atoms with E-state index in [-0.39, 0.29) is 25.3 Å². The van der Waals surface area contributed by atoms with Crippen molar-refractivity contribution in [3.63, 3.8) is 0 Å². The van der Waals surface area contributed by atoms with Crippen LogP contribution in [-0.2, 0) is 19.2 Å². The Balaban J connectivity index is -0.00000213. The van der Waals surface area contributed by atoms with Crippen LogP contribution in [0.5, 0.6) is 0 Å². The molecule has 0 aromatic rings. The van der Waals surface area contributed by atoms with E-state index < -0.39 is 47.2 Å². The molecule has 40 heavy (non-hydrogen) atoms. The number of nitrogens with zero attached hydrogens (tertiary/aromatic N) is 1. The average Bonchev–Trinajstić information content (AvgIpc) is 3.46. The predicted molar refractivity (Wildman–Crippen MR) is 162 cm³/mol. The molecule has 1 rings (SSSR count). The van der Waals surface area contributed by atoms with Crippen molar-refractivity contribution in [3.8, 4) is 12.3 Å². The van der Waals surface area contributed by atoms with Crippen molar-refractivity contribution in [1.29, 1.82) is 0 Å². The number of hydrogen-bond acceptors (Lipinski definition) is 5. The molecule has 5 amide bonds. The number of urea groups is 1. The molecule has 1 aliphatic rings. The van der Waals surface area contributed by atoms with Crippen LogP contribution in [0.4, 0.5) is 4.79 Å². The number of likely N-dealkylation sites (tertiary alicyclic amines) is 1. The highest BCUT2D eigenvalue weighted by Crippen LogP contribution is 2.26. The van der Waals surface area contributed by atoms with Crippen molar-refractivity contribution in [2.75, 3.05) is 20.1 Å². The summed E-state index contributed by atoms with van der Waals surface area (Å²) in [5, 5.41) is 10.2. The first kappa shape index (κ1) is 41.1. The second-order valence-corrected chi connectivity index (χ2v) is 9.21. The summed E-state index contributed by atoms with van der Waals surface area (Å²) in [5.41, 5.74) is -0.609. The monoisotopic (exact) mass is 565 g/mol. The molecular formula is C30H55N5O5. The molecule has 10 nitrogen and oxygen atoms in total. The van der Waals surface area contributed by atoms with E-state index in [1.807, 2.05) is 62.3 Å². The van der Waals surface area contributed by atoms with Crippen molar-refractivity contribution in [2.45, 2.75) is 113 Å². The summed E-state index contributed by atoms with van der Waals surface area (Å²) in [7, 11) is 1.45. The lowest BCUT2D eigenvalue weighted by molar-refractivity contribution is -0.143. The summed E-state index contributed by atoms with van der Waals surface area (Å²) in [4.78, 5) is 64.7. The average molecular weight is 566 g/mol. The number of terminal acetylenes is 1. The fourth-order valence-corrected chi connectivity index (χ4v) is 3.62. The summed E-state index contributed by atoms with van der Waals surface area (Å²) in [6.07, 6.45) is 8.69. The number of carbonyl (C=O) groups is 5. The molecule has 0 bridgehead atoms. The smallest absolute Gasteiger partial charge is 0.315 e. The first-order chi connectivity index (χ1) is 19.0. The van der Waals surface area contributed by atoms with Crippen molar-refractivity contribution in [2.24, 2.45) is 5.41 Å². The molecule has 4 N–H and O–H groups in total. The third-order valence-electron chi connectivity index (χ3n) is 5.52. The highest BCUT2D eigenvalue weighted by atomic mass is 16.2. The molecule has 10 heteroatoms. The molecule has 1 heterocycles. The molecule has 0 spiro atoms. The van der Waals surface area contributed by atoms with Crippen LogP contribution in [-0.4, -0.2) is 72.7 Å². The lowest BCUT2D eigenvalue weighted by Gasteiger charge is -2.35. The maximum absolute atomic E-state index is 13.3. The van der Waals surface area contributed by atoms with Gasteiger partial charge in [0.1, 0.15) is 12.1 Å². The van der Waals surface area contributed by atoms with Gasteiger partial charge in [0.2, 0.25) is 17.6 Å². The normalized spacial score (nSPS) is 14.9. The van der Waals surface area contributed by atoms with Gasteiger partial charge in [-0.3, -0.25) is 19.2 Å². The minimum Gasteiger partial charge on any atom is -0.349 e. The van der Waals surface area contributed by atoms with Crippen LogP contribution >= 0.6 is 0 Å².